The second kappa shape index (κ2) is 6.78. The Balaban J connectivity index is 0.00000176. The lowest BCUT2D eigenvalue weighted by atomic mass is 9.95. The summed E-state index contributed by atoms with van der Waals surface area (Å²) < 4.78 is 28.6. The minimum Gasteiger partial charge on any atom is -0.339 e. The van der Waals surface area contributed by atoms with Gasteiger partial charge in [0.1, 0.15) is 0 Å². The average molecular weight is 343 g/mol. The molecule has 0 bridgehead atoms. The summed E-state index contributed by atoms with van der Waals surface area (Å²) in [6.07, 6.45) is 3.94. The predicted octanol–water partition coefficient (Wildman–Crippen LogP) is 1.01. The van der Waals surface area contributed by atoms with E-state index in [1.807, 2.05) is 18.2 Å². The zero-order valence-electron chi connectivity index (χ0n) is 12.2. The first-order valence-electron chi connectivity index (χ1n) is 6.85. The average Bonchev–Trinajstić information content (AvgIpc) is 2.93. The summed E-state index contributed by atoms with van der Waals surface area (Å²) in [4.78, 5) is 3.89. The van der Waals surface area contributed by atoms with Crippen LogP contribution < -0.4 is 10.0 Å². The van der Waals surface area contributed by atoms with Crippen molar-refractivity contribution in [3.05, 3.63) is 47.9 Å². The van der Waals surface area contributed by atoms with Crippen LogP contribution >= 0.6 is 12.4 Å². The summed E-state index contributed by atoms with van der Waals surface area (Å²) in [6, 6.07) is 8.12. The van der Waals surface area contributed by atoms with Crippen LogP contribution in [0.4, 0.5) is 0 Å². The molecule has 8 heteroatoms. The summed E-state index contributed by atoms with van der Waals surface area (Å²) in [5.41, 5.74) is 2.44. The SMILES string of the molecule is Cl.Cn1cnc(S(=O)(=O)NCC2NCCc3ccccc32)c1. The second-order valence-electron chi connectivity index (χ2n) is 5.18. The fourth-order valence-electron chi connectivity index (χ4n) is 2.57. The molecule has 1 aromatic carbocycles. The molecule has 0 saturated carbocycles. The normalized spacial score (nSPS) is 17.6. The van der Waals surface area contributed by atoms with E-state index in [9.17, 15) is 8.42 Å². The number of benzene rings is 1. The first-order chi connectivity index (χ1) is 10.1. The standard InChI is InChI=1S/C14H18N4O2S.ClH/c1-18-9-14(16-10-18)21(19,20)17-8-13-12-5-3-2-4-11(12)6-7-15-13;/h2-5,9-10,13,15,17H,6-8H2,1H3;1H. The number of fused-ring (bicyclic) bond motifs is 1. The van der Waals surface area contributed by atoms with Crippen molar-refractivity contribution in [2.24, 2.45) is 7.05 Å². The Kier molecular flexibility index (Phi) is 5.23. The van der Waals surface area contributed by atoms with Crippen molar-refractivity contribution in [2.75, 3.05) is 13.1 Å². The number of aryl methyl sites for hydroxylation is 1. The molecule has 120 valence electrons. The fraction of sp³-hybridized carbons (Fsp3) is 0.357. The topological polar surface area (TPSA) is 76.0 Å². The van der Waals surface area contributed by atoms with Crippen LogP contribution in [0.1, 0.15) is 17.2 Å². The first kappa shape index (κ1) is 17.0. The highest BCUT2D eigenvalue weighted by molar-refractivity contribution is 7.89. The van der Waals surface area contributed by atoms with Gasteiger partial charge in [-0.3, -0.25) is 0 Å². The third-order valence-electron chi connectivity index (χ3n) is 3.65. The summed E-state index contributed by atoms with van der Waals surface area (Å²) in [5, 5.41) is 3.40. The molecular weight excluding hydrogens is 324 g/mol. The van der Waals surface area contributed by atoms with Gasteiger partial charge in [-0.2, -0.15) is 0 Å². The van der Waals surface area contributed by atoms with Crippen LogP contribution in [-0.2, 0) is 23.5 Å². The second-order valence-corrected chi connectivity index (χ2v) is 6.90. The van der Waals surface area contributed by atoms with Gasteiger partial charge in [0.05, 0.1) is 6.33 Å². The predicted molar refractivity (Wildman–Crippen MR) is 86.5 cm³/mol. The van der Waals surface area contributed by atoms with Gasteiger partial charge in [-0.05, 0) is 24.1 Å². The molecule has 0 radical (unpaired) electrons. The van der Waals surface area contributed by atoms with E-state index >= 15 is 0 Å². The Morgan fingerprint density at radius 2 is 2.18 bits per heavy atom. The fourth-order valence-corrected chi connectivity index (χ4v) is 3.59. The molecule has 1 atom stereocenters. The number of aromatic nitrogens is 2. The number of sulfonamides is 1. The molecule has 0 aliphatic carbocycles. The van der Waals surface area contributed by atoms with Crippen LogP contribution in [0.3, 0.4) is 0 Å². The zero-order valence-corrected chi connectivity index (χ0v) is 13.8. The van der Waals surface area contributed by atoms with Crippen molar-refractivity contribution in [1.29, 1.82) is 0 Å². The number of nitrogens with one attached hydrogen (secondary N) is 2. The molecule has 1 aromatic heterocycles. The Bertz CT molecular complexity index is 745. The molecule has 0 saturated heterocycles. The lowest BCUT2D eigenvalue weighted by molar-refractivity contribution is 0.491. The molecule has 1 aliphatic rings. The van der Waals surface area contributed by atoms with Gasteiger partial charge >= 0.3 is 0 Å². The van der Waals surface area contributed by atoms with Gasteiger partial charge in [0.2, 0.25) is 0 Å². The zero-order chi connectivity index (χ0) is 14.9. The first-order valence-corrected chi connectivity index (χ1v) is 8.33. The molecule has 6 nitrogen and oxygen atoms in total. The minimum atomic E-state index is -3.56. The molecule has 0 fully saturated rings. The van der Waals surface area contributed by atoms with E-state index in [-0.39, 0.29) is 23.5 Å². The number of halogens is 1. The molecule has 2 aromatic rings. The van der Waals surface area contributed by atoms with Crippen molar-refractivity contribution in [3.63, 3.8) is 0 Å². The largest absolute Gasteiger partial charge is 0.339 e. The molecule has 1 aliphatic heterocycles. The van der Waals surface area contributed by atoms with Crippen molar-refractivity contribution in [2.45, 2.75) is 17.5 Å². The van der Waals surface area contributed by atoms with E-state index < -0.39 is 10.0 Å². The Morgan fingerprint density at radius 3 is 2.91 bits per heavy atom. The number of rotatable bonds is 4. The highest BCUT2D eigenvalue weighted by atomic mass is 35.5. The lowest BCUT2D eigenvalue weighted by Crippen LogP contribution is -2.38. The number of hydrogen-bond acceptors (Lipinski definition) is 4. The van der Waals surface area contributed by atoms with Gasteiger partial charge in [0, 0.05) is 25.8 Å². The van der Waals surface area contributed by atoms with Crippen LogP contribution in [0.2, 0.25) is 0 Å². The van der Waals surface area contributed by atoms with Crippen molar-refractivity contribution in [3.8, 4) is 0 Å². The van der Waals surface area contributed by atoms with Crippen LogP contribution in [0.25, 0.3) is 0 Å². The Hall–Kier alpha value is -1.41. The summed E-state index contributed by atoms with van der Waals surface area (Å²) >= 11 is 0. The van der Waals surface area contributed by atoms with E-state index in [4.69, 9.17) is 0 Å². The molecule has 1 unspecified atom stereocenters. The third-order valence-corrected chi connectivity index (χ3v) is 4.96. The van der Waals surface area contributed by atoms with Gasteiger partial charge in [-0.1, -0.05) is 24.3 Å². The third kappa shape index (κ3) is 3.49. The number of imidazole rings is 1. The van der Waals surface area contributed by atoms with E-state index in [1.165, 1.54) is 18.1 Å². The summed E-state index contributed by atoms with van der Waals surface area (Å²) in [7, 11) is -1.82. The van der Waals surface area contributed by atoms with Gasteiger partial charge in [0.15, 0.2) is 5.03 Å². The summed E-state index contributed by atoms with van der Waals surface area (Å²) in [6.45, 7) is 1.17. The minimum absolute atomic E-state index is 0. The highest BCUT2D eigenvalue weighted by Crippen LogP contribution is 2.22. The van der Waals surface area contributed by atoms with Crippen LogP contribution in [-0.4, -0.2) is 31.1 Å². The maximum atomic E-state index is 12.2. The molecule has 0 spiro atoms. The molecule has 0 amide bonds. The smallest absolute Gasteiger partial charge is 0.259 e. The van der Waals surface area contributed by atoms with E-state index in [1.54, 1.807) is 11.6 Å². The van der Waals surface area contributed by atoms with Crippen molar-refractivity contribution < 1.29 is 8.42 Å². The molecule has 2 N–H and O–H groups in total. The lowest BCUT2D eigenvalue weighted by Gasteiger charge is -2.26. The maximum absolute atomic E-state index is 12.2. The monoisotopic (exact) mass is 342 g/mol. The van der Waals surface area contributed by atoms with Crippen LogP contribution in [0.15, 0.2) is 41.8 Å². The van der Waals surface area contributed by atoms with Crippen LogP contribution in [0.5, 0.6) is 0 Å². The van der Waals surface area contributed by atoms with Gasteiger partial charge in [-0.25, -0.2) is 18.1 Å². The van der Waals surface area contributed by atoms with Gasteiger partial charge in [0.25, 0.3) is 10.0 Å². The summed E-state index contributed by atoms with van der Waals surface area (Å²) in [5.74, 6) is 0. The van der Waals surface area contributed by atoms with Crippen LogP contribution in [0, 0.1) is 0 Å². The quantitative estimate of drug-likeness (QED) is 0.869. The van der Waals surface area contributed by atoms with Crippen molar-refractivity contribution in [1.82, 2.24) is 19.6 Å². The van der Waals surface area contributed by atoms with Gasteiger partial charge < -0.3 is 9.88 Å². The number of hydrogen-bond donors (Lipinski definition) is 2. The molecule has 3 rings (SSSR count). The highest BCUT2D eigenvalue weighted by Gasteiger charge is 2.23. The van der Waals surface area contributed by atoms with Crippen molar-refractivity contribution >= 4 is 22.4 Å². The Labute approximate surface area is 136 Å². The number of nitrogens with zero attached hydrogens (tertiary/aromatic N) is 2. The molecule has 22 heavy (non-hydrogen) atoms. The van der Waals surface area contributed by atoms with E-state index in [2.05, 4.69) is 21.1 Å². The maximum Gasteiger partial charge on any atom is 0.259 e. The van der Waals surface area contributed by atoms with E-state index in [0.29, 0.717) is 6.54 Å². The molecule has 2 heterocycles. The molecular formula is C14H19ClN4O2S. The van der Waals surface area contributed by atoms with Gasteiger partial charge in [-0.15, -0.1) is 12.4 Å². The Morgan fingerprint density at radius 1 is 1.41 bits per heavy atom. The van der Waals surface area contributed by atoms with E-state index in [0.717, 1.165) is 18.5 Å².